The maximum absolute atomic E-state index is 11.3. The number of aromatic nitrogens is 4. The molecule has 0 fully saturated rings. The molecule has 0 bridgehead atoms. The lowest BCUT2D eigenvalue weighted by atomic mass is 10.4. The highest BCUT2D eigenvalue weighted by molar-refractivity contribution is 5.89. The molecule has 0 radical (unpaired) electrons. The van der Waals surface area contributed by atoms with Crippen molar-refractivity contribution in [3.63, 3.8) is 0 Å². The van der Waals surface area contributed by atoms with Gasteiger partial charge in [-0.1, -0.05) is 0 Å². The number of aromatic carboxylic acids is 1. The monoisotopic (exact) mass is 298 g/mol. The summed E-state index contributed by atoms with van der Waals surface area (Å²) in [4.78, 5) is 35.9. The highest BCUT2D eigenvalue weighted by Crippen LogP contribution is 2.13. The average Bonchev–Trinajstić information content (AvgIpc) is 3.21. The van der Waals surface area contributed by atoms with Crippen molar-refractivity contribution in [2.75, 3.05) is 0 Å². The van der Waals surface area contributed by atoms with E-state index >= 15 is 0 Å². The zero-order valence-electron chi connectivity index (χ0n) is 11.2. The summed E-state index contributed by atoms with van der Waals surface area (Å²) in [6.45, 7) is 0. The quantitative estimate of drug-likeness (QED) is 0.777. The summed E-state index contributed by atoms with van der Waals surface area (Å²) < 4.78 is 3.33. The number of carboxylic acid groups (broad SMARTS) is 1. The van der Waals surface area contributed by atoms with Crippen molar-refractivity contribution in [1.82, 2.24) is 19.1 Å². The molecule has 0 saturated heterocycles. The van der Waals surface area contributed by atoms with Crippen LogP contribution in [0.4, 0.5) is 0 Å². The van der Waals surface area contributed by atoms with Gasteiger partial charge in [-0.3, -0.25) is 0 Å². The van der Waals surface area contributed by atoms with Gasteiger partial charge in [0.05, 0.1) is 6.20 Å². The van der Waals surface area contributed by atoms with Gasteiger partial charge in [0.25, 0.3) is 0 Å². The van der Waals surface area contributed by atoms with E-state index in [4.69, 9.17) is 9.59 Å². The number of hydrogen-bond donors (Lipinski definition) is 1. The molecule has 22 heavy (non-hydrogen) atoms. The molecule has 3 heterocycles. The zero-order chi connectivity index (χ0) is 15.9. The molecule has 8 heteroatoms. The lowest BCUT2D eigenvalue weighted by Crippen LogP contribution is -2.11. The highest BCUT2D eigenvalue weighted by Gasteiger charge is 2.16. The molecule has 0 aromatic carbocycles. The van der Waals surface area contributed by atoms with Crippen LogP contribution in [0.3, 0.4) is 0 Å². The molecule has 0 spiro atoms. The Bertz CT molecular complexity index is 788. The molecule has 3 aromatic heterocycles. The van der Waals surface area contributed by atoms with Crippen LogP contribution in [0.2, 0.25) is 0 Å². The second kappa shape index (κ2) is 6.78. The lowest BCUT2D eigenvalue weighted by Gasteiger charge is -2.08. The van der Waals surface area contributed by atoms with Crippen molar-refractivity contribution in [2.24, 2.45) is 0 Å². The van der Waals surface area contributed by atoms with Crippen molar-refractivity contribution in [3.8, 4) is 11.6 Å². The lowest BCUT2D eigenvalue weighted by molar-refractivity contribution is -0.191. The largest absolute Gasteiger partial charge is 0.476 e. The van der Waals surface area contributed by atoms with E-state index in [0.717, 1.165) is 0 Å². The molecular weight excluding hydrogens is 288 g/mol. The van der Waals surface area contributed by atoms with Gasteiger partial charge in [-0.05, 0) is 24.3 Å². The van der Waals surface area contributed by atoms with E-state index in [-0.39, 0.29) is 11.8 Å². The van der Waals surface area contributed by atoms with Crippen LogP contribution in [0, 0.1) is 0 Å². The molecule has 3 rings (SSSR count). The number of nitrogens with zero attached hydrogens (tertiary/aromatic N) is 4. The molecule has 1 N–H and O–H groups in total. The minimum absolute atomic E-state index is 0.0811. The highest BCUT2D eigenvalue weighted by atomic mass is 16.4. The van der Waals surface area contributed by atoms with Crippen molar-refractivity contribution in [1.29, 1.82) is 0 Å². The van der Waals surface area contributed by atoms with Gasteiger partial charge in [0.2, 0.25) is 0 Å². The van der Waals surface area contributed by atoms with Gasteiger partial charge >= 0.3 is 12.1 Å². The second-order valence-corrected chi connectivity index (χ2v) is 3.97. The number of hydrogen-bond acceptors (Lipinski definition) is 5. The summed E-state index contributed by atoms with van der Waals surface area (Å²) in [7, 11) is 0. The van der Waals surface area contributed by atoms with Crippen LogP contribution in [0.25, 0.3) is 11.6 Å². The summed E-state index contributed by atoms with van der Waals surface area (Å²) in [5.74, 6) is -0.336. The van der Waals surface area contributed by atoms with Crippen molar-refractivity contribution in [3.05, 3.63) is 60.9 Å². The van der Waals surface area contributed by atoms with E-state index in [0.29, 0.717) is 11.6 Å². The van der Waals surface area contributed by atoms with Crippen LogP contribution >= 0.6 is 0 Å². The Morgan fingerprint density at radius 3 is 2.00 bits per heavy atom. The van der Waals surface area contributed by atoms with Gasteiger partial charge in [-0.15, -0.1) is 0 Å². The van der Waals surface area contributed by atoms with E-state index in [2.05, 4.69) is 9.97 Å². The first kappa shape index (κ1) is 14.9. The van der Waals surface area contributed by atoms with Crippen LogP contribution in [-0.2, 0) is 9.59 Å². The SMILES string of the molecule is O=C(O)c1nc(-n2cccc2)cnc1-n1cccc1.O=C=O. The summed E-state index contributed by atoms with van der Waals surface area (Å²) in [5, 5.41) is 9.26. The molecule has 3 aromatic rings. The van der Waals surface area contributed by atoms with E-state index in [9.17, 15) is 9.90 Å². The first-order valence-electron chi connectivity index (χ1n) is 6.03. The van der Waals surface area contributed by atoms with E-state index in [1.165, 1.54) is 0 Å². The Labute approximate surface area is 124 Å². The molecule has 0 aliphatic heterocycles. The van der Waals surface area contributed by atoms with Crippen LogP contribution < -0.4 is 0 Å². The number of carbonyl (C=O) groups is 1. The van der Waals surface area contributed by atoms with Crippen LogP contribution in [0.1, 0.15) is 10.5 Å². The molecular formula is C14H10N4O4. The minimum Gasteiger partial charge on any atom is -0.476 e. The van der Waals surface area contributed by atoms with Gasteiger partial charge in [0.15, 0.2) is 17.3 Å². The number of carboxylic acids is 1. The Kier molecular flexibility index (Phi) is 4.59. The minimum atomic E-state index is -1.11. The third-order valence-electron chi connectivity index (χ3n) is 2.66. The second-order valence-electron chi connectivity index (χ2n) is 3.97. The Morgan fingerprint density at radius 2 is 1.50 bits per heavy atom. The van der Waals surface area contributed by atoms with Crippen LogP contribution in [-0.4, -0.2) is 36.3 Å². The Morgan fingerprint density at radius 1 is 1.00 bits per heavy atom. The summed E-state index contributed by atoms with van der Waals surface area (Å²) in [6, 6.07) is 7.27. The third kappa shape index (κ3) is 3.14. The maximum Gasteiger partial charge on any atom is 0.373 e. The summed E-state index contributed by atoms with van der Waals surface area (Å²) in [6.07, 6.45) is 8.81. The van der Waals surface area contributed by atoms with Gasteiger partial charge in [-0.25, -0.2) is 14.8 Å². The summed E-state index contributed by atoms with van der Waals surface area (Å²) in [5.41, 5.74) is -0.0811. The van der Waals surface area contributed by atoms with Crippen molar-refractivity contribution < 1.29 is 19.5 Å². The molecule has 0 aliphatic carbocycles. The molecule has 0 unspecified atom stereocenters. The standard InChI is InChI=1S/C13H10N4O2.CO2/c18-13(19)11-12(17-7-3-4-8-17)14-9-10(15-11)16-5-1-2-6-16;2-1-3/h1-9H,(H,18,19);. The number of rotatable bonds is 3. The normalized spacial score (nSPS) is 9.45. The topological polar surface area (TPSA) is 107 Å². The molecule has 0 amide bonds. The van der Waals surface area contributed by atoms with Crippen LogP contribution in [0.5, 0.6) is 0 Å². The van der Waals surface area contributed by atoms with Crippen LogP contribution in [0.15, 0.2) is 55.2 Å². The first-order valence-corrected chi connectivity index (χ1v) is 6.03. The van der Waals surface area contributed by atoms with Gasteiger partial charge in [0, 0.05) is 24.8 Å². The molecule has 0 atom stereocenters. The predicted molar refractivity (Wildman–Crippen MR) is 72.7 cm³/mol. The van der Waals surface area contributed by atoms with E-state index in [1.54, 1.807) is 52.3 Å². The van der Waals surface area contributed by atoms with E-state index < -0.39 is 5.97 Å². The smallest absolute Gasteiger partial charge is 0.373 e. The molecule has 8 nitrogen and oxygen atoms in total. The summed E-state index contributed by atoms with van der Waals surface area (Å²) >= 11 is 0. The average molecular weight is 298 g/mol. The number of carbonyl (C=O) groups excluding carboxylic acids is 2. The van der Waals surface area contributed by atoms with E-state index in [1.807, 2.05) is 12.1 Å². The maximum atomic E-state index is 11.3. The zero-order valence-corrected chi connectivity index (χ0v) is 11.2. The van der Waals surface area contributed by atoms with Crippen molar-refractivity contribution in [2.45, 2.75) is 0 Å². The molecule has 110 valence electrons. The third-order valence-corrected chi connectivity index (χ3v) is 2.66. The Hall–Kier alpha value is -3.51. The van der Waals surface area contributed by atoms with Gasteiger partial charge < -0.3 is 14.2 Å². The van der Waals surface area contributed by atoms with Gasteiger partial charge in [0.1, 0.15) is 0 Å². The first-order chi connectivity index (χ1) is 10.7. The molecule has 0 aliphatic rings. The molecule has 0 saturated carbocycles. The van der Waals surface area contributed by atoms with Crippen molar-refractivity contribution >= 4 is 12.1 Å². The predicted octanol–water partition coefficient (Wildman–Crippen LogP) is 1.17. The van der Waals surface area contributed by atoms with Gasteiger partial charge in [-0.2, -0.15) is 9.59 Å². The Balaban J connectivity index is 0.000000545. The fourth-order valence-corrected chi connectivity index (χ4v) is 1.79. The fourth-order valence-electron chi connectivity index (χ4n) is 1.79. The fraction of sp³-hybridized carbons (Fsp3) is 0.